The lowest BCUT2D eigenvalue weighted by Crippen LogP contribution is -2.16. The van der Waals surface area contributed by atoms with E-state index >= 15 is 0 Å². The maximum absolute atomic E-state index is 2.50. The summed E-state index contributed by atoms with van der Waals surface area (Å²) in [5.74, 6) is 0. The molecule has 0 saturated heterocycles. The number of benzene rings is 11. The molecule has 2 aliphatic rings. The van der Waals surface area contributed by atoms with Crippen LogP contribution >= 0.6 is 0 Å². The summed E-state index contributed by atoms with van der Waals surface area (Å²) in [6.07, 6.45) is 0. The summed E-state index contributed by atoms with van der Waals surface area (Å²) in [6, 6.07) is 94.6. The van der Waals surface area contributed by atoms with E-state index < -0.39 is 0 Å². The van der Waals surface area contributed by atoms with Crippen molar-refractivity contribution in [1.29, 1.82) is 0 Å². The standard InChI is InChI=1S/C72H54N2/c1-71(2)63-28-18-17-27-58(63)60-45-62-61-41-52(34-40-67(61)74(68(62)46-65(60)71)55-25-15-8-16-26-55)51-31-37-57(38-32-51)73(56-35-29-50(30-36-56)47-19-9-5-10-20-47)69-44-54(49-23-13-7-14-24-49)43-66-70(69)59-39-33-53(42-64(59)72(66,3)4)48-21-11-6-12-22-48/h5-46H,1-4H3. The van der Waals surface area contributed by atoms with Crippen molar-refractivity contribution in [3.63, 3.8) is 0 Å². The van der Waals surface area contributed by atoms with Crippen LogP contribution in [0.2, 0.25) is 0 Å². The Morgan fingerprint density at radius 2 is 0.757 bits per heavy atom. The van der Waals surface area contributed by atoms with Crippen molar-refractivity contribution in [3.8, 4) is 72.4 Å². The molecule has 2 nitrogen and oxygen atoms in total. The average molecular weight is 947 g/mol. The molecule has 0 atom stereocenters. The molecule has 1 heterocycles. The zero-order valence-corrected chi connectivity index (χ0v) is 42.1. The van der Waals surface area contributed by atoms with Crippen LogP contribution in [0, 0.1) is 0 Å². The normalized spacial score (nSPS) is 13.6. The monoisotopic (exact) mass is 946 g/mol. The van der Waals surface area contributed by atoms with Crippen LogP contribution in [0.4, 0.5) is 17.1 Å². The Hall–Kier alpha value is -8.98. The van der Waals surface area contributed by atoms with Crippen molar-refractivity contribution < 1.29 is 0 Å². The highest BCUT2D eigenvalue weighted by molar-refractivity contribution is 6.13. The lowest BCUT2D eigenvalue weighted by atomic mass is 9.80. The van der Waals surface area contributed by atoms with Gasteiger partial charge in [-0.3, -0.25) is 0 Å². The number of para-hydroxylation sites is 1. The highest BCUT2D eigenvalue weighted by Crippen LogP contribution is 2.57. The van der Waals surface area contributed by atoms with Crippen LogP contribution in [0.1, 0.15) is 49.9 Å². The van der Waals surface area contributed by atoms with E-state index in [2.05, 4.69) is 292 Å². The highest BCUT2D eigenvalue weighted by Gasteiger charge is 2.40. The van der Waals surface area contributed by atoms with Gasteiger partial charge in [0.2, 0.25) is 0 Å². The van der Waals surface area contributed by atoms with Crippen molar-refractivity contribution >= 4 is 38.9 Å². The molecular weight excluding hydrogens is 893 g/mol. The van der Waals surface area contributed by atoms with Gasteiger partial charge >= 0.3 is 0 Å². The minimum atomic E-state index is -0.260. The van der Waals surface area contributed by atoms with Crippen molar-refractivity contribution in [3.05, 3.63) is 277 Å². The summed E-state index contributed by atoms with van der Waals surface area (Å²) < 4.78 is 2.46. The fourth-order valence-corrected chi connectivity index (χ4v) is 12.5. The minimum absolute atomic E-state index is 0.1000. The van der Waals surface area contributed by atoms with Gasteiger partial charge in [0, 0.05) is 44.2 Å². The molecule has 0 unspecified atom stereocenters. The summed E-state index contributed by atoms with van der Waals surface area (Å²) in [5, 5.41) is 2.52. The minimum Gasteiger partial charge on any atom is -0.310 e. The Bertz CT molecular complexity index is 4130. The quantitative estimate of drug-likeness (QED) is 0.147. The maximum atomic E-state index is 2.50. The molecule has 352 valence electrons. The summed E-state index contributed by atoms with van der Waals surface area (Å²) >= 11 is 0. The Morgan fingerprint density at radius 1 is 0.297 bits per heavy atom. The number of anilines is 3. The zero-order valence-electron chi connectivity index (χ0n) is 42.1. The molecule has 0 saturated carbocycles. The van der Waals surface area contributed by atoms with Crippen molar-refractivity contribution in [2.24, 2.45) is 0 Å². The fraction of sp³-hybridized carbons (Fsp3) is 0.0833. The van der Waals surface area contributed by atoms with Crippen LogP contribution in [0.3, 0.4) is 0 Å². The Morgan fingerprint density at radius 3 is 1.41 bits per heavy atom. The average Bonchev–Trinajstić information content (AvgIpc) is 3.99. The highest BCUT2D eigenvalue weighted by atomic mass is 15.1. The molecule has 0 radical (unpaired) electrons. The number of aromatic nitrogens is 1. The third-order valence-corrected chi connectivity index (χ3v) is 16.4. The van der Waals surface area contributed by atoms with Gasteiger partial charge in [-0.15, -0.1) is 0 Å². The summed E-state index contributed by atoms with van der Waals surface area (Å²) in [5.41, 5.74) is 26.9. The molecule has 14 rings (SSSR count). The molecule has 0 N–H and O–H groups in total. The van der Waals surface area contributed by atoms with Crippen LogP contribution in [0.25, 0.3) is 94.3 Å². The largest absolute Gasteiger partial charge is 0.310 e. The molecular formula is C72H54N2. The second-order valence-electron chi connectivity index (χ2n) is 21.3. The molecule has 0 spiro atoms. The number of hydrogen-bond donors (Lipinski definition) is 0. The predicted octanol–water partition coefficient (Wildman–Crippen LogP) is 19.5. The number of fused-ring (bicyclic) bond motifs is 9. The first-order valence-electron chi connectivity index (χ1n) is 26.0. The van der Waals surface area contributed by atoms with Crippen LogP contribution in [-0.2, 0) is 10.8 Å². The molecule has 0 bridgehead atoms. The third kappa shape index (κ3) is 6.86. The maximum Gasteiger partial charge on any atom is 0.0549 e. The van der Waals surface area contributed by atoms with Crippen molar-refractivity contribution in [1.82, 2.24) is 4.57 Å². The van der Waals surface area contributed by atoms with Crippen LogP contribution in [0.5, 0.6) is 0 Å². The Labute approximate surface area is 434 Å². The number of hydrogen-bond acceptors (Lipinski definition) is 1. The van der Waals surface area contributed by atoms with E-state index in [1.807, 2.05) is 0 Å². The third-order valence-electron chi connectivity index (χ3n) is 16.4. The van der Waals surface area contributed by atoms with Gasteiger partial charge in [-0.05, 0) is 162 Å². The fourth-order valence-electron chi connectivity index (χ4n) is 12.5. The van der Waals surface area contributed by atoms with Gasteiger partial charge in [0.25, 0.3) is 0 Å². The summed E-state index contributed by atoms with van der Waals surface area (Å²) in [4.78, 5) is 2.50. The smallest absolute Gasteiger partial charge is 0.0549 e. The van der Waals surface area contributed by atoms with Crippen LogP contribution < -0.4 is 4.90 Å². The topological polar surface area (TPSA) is 8.17 Å². The first kappa shape index (κ1) is 43.8. The molecule has 0 amide bonds. The van der Waals surface area contributed by atoms with E-state index in [1.54, 1.807) is 0 Å². The van der Waals surface area contributed by atoms with Gasteiger partial charge in [0.1, 0.15) is 0 Å². The number of nitrogens with zero attached hydrogens (tertiary/aromatic N) is 2. The molecule has 1 aromatic heterocycles. The van der Waals surface area contributed by atoms with Gasteiger partial charge in [-0.1, -0.05) is 204 Å². The lowest BCUT2D eigenvalue weighted by molar-refractivity contribution is 0.661. The molecule has 12 aromatic rings. The Kier molecular flexibility index (Phi) is 9.94. The second kappa shape index (κ2) is 16.8. The van der Waals surface area contributed by atoms with Gasteiger partial charge in [-0.2, -0.15) is 0 Å². The zero-order chi connectivity index (χ0) is 49.7. The van der Waals surface area contributed by atoms with Gasteiger partial charge in [0.05, 0.1) is 16.7 Å². The van der Waals surface area contributed by atoms with Crippen molar-refractivity contribution in [2.75, 3.05) is 4.90 Å². The van der Waals surface area contributed by atoms with E-state index in [-0.39, 0.29) is 10.8 Å². The molecule has 11 aromatic carbocycles. The van der Waals surface area contributed by atoms with E-state index in [0.717, 1.165) is 17.1 Å². The number of rotatable bonds is 8. The Balaban J connectivity index is 0.947. The van der Waals surface area contributed by atoms with E-state index in [0.29, 0.717) is 0 Å². The SMILES string of the molecule is CC1(C)c2ccccc2-c2cc3c4cc(-c5ccc(N(c6ccc(-c7ccccc7)cc6)c6cc(-c7ccccc7)cc7c6-c6ccc(-c8ccccc8)cc6C7(C)C)cc5)ccc4n(-c4ccccc4)c3cc21. The lowest BCUT2D eigenvalue weighted by Gasteiger charge is -2.30. The van der Waals surface area contributed by atoms with Gasteiger partial charge in [-0.25, -0.2) is 0 Å². The molecule has 2 heteroatoms. The molecule has 2 aliphatic carbocycles. The molecule has 0 fully saturated rings. The van der Waals surface area contributed by atoms with Crippen LogP contribution in [-0.4, -0.2) is 4.57 Å². The van der Waals surface area contributed by atoms with Gasteiger partial charge < -0.3 is 9.47 Å². The van der Waals surface area contributed by atoms with E-state index in [1.165, 1.54) is 117 Å². The second-order valence-corrected chi connectivity index (χ2v) is 21.3. The van der Waals surface area contributed by atoms with Crippen molar-refractivity contribution in [2.45, 2.75) is 38.5 Å². The van der Waals surface area contributed by atoms with E-state index in [4.69, 9.17) is 0 Å². The molecule has 74 heavy (non-hydrogen) atoms. The van der Waals surface area contributed by atoms with Gasteiger partial charge in [0.15, 0.2) is 0 Å². The summed E-state index contributed by atoms with van der Waals surface area (Å²) in [6.45, 7) is 9.55. The summed E-state index contributed by atoms with van der Waals surface area (Å²) in [7, 11) is 0. The first-order valence-corrected chi connectivity index (χ1v) is 26.0. The molecule has 0 aliphatic heterocycles. The van der Waals surface area contributed by atoms with E-state index in [9.17, 15) is 0 Å². The van der Waals surface area contributed by atoms with Crippen LogP contribution in [0.15, 0.2) is 255 Å². The first-order chi connectivity index (χ1) is 36.2. The predicted molar refractivity (Wildman–Crippen MR) is 312 cm³/mol.